The normalized spacial score (nSPS) is 23.0. The molecule has 0 aromatic heterocycles. The van der Waals surface area contributed by atoms with Gasteiger partial charge in [-0.1, -0.05) is 41.4 Å². The maximum Gasteiger partial charge on any atom is 0.227 e. The smallest absolute Gasteiger partial charge is 0.227 e. The lowest BCUT2D eigenvalue weighted by Crippen LogP contribution is -2.46. The van der Waals surface area contributed by atoms with E-state index in [0.29, 0.717) is 0 Å². The Balaban J connectivity index is 1.93. The number of amides is 1. The van der Waals surface area contributed by atoms with Crippen LogP contribution in [0.15, 0.2) is 28.7 Å². The van der Waals surface area contributed by atoms with Crippen LogP contribution in [0, 0.1) is 5.41 Å². The van der Waals surface area contributed by atoms with E-state index in [2.05, 4.69) is 52.5 Å². The second-order valence-corrected chi connectivity index (χ2v) is 7.08. The molecule has 1 amide bonds. The first-order chi connectivity index (χ1) is 10.1. The number of nitrogens with one attached hydrogen (secondary N) is 2. The van der Waals surface area contributed by atoms with Crippen LogP contribution in [0.4, 0.5) is 0 Å². The molecule has 1 fully saturated rings. The summed E-state index contributed by atoms with van der Waals surface area (Å²) in [7, 11) is 0. The lowest BCUT2D eigenvalue weighted by molar-refractivity contribution is -0.131. The van der Waals surface area contributed by atoms with Crippen LogP contribution in [0.5, 0.6) is 0 Å². The van der Waals surface area contributed by atoms with Crippen LogP contribution in [-0.2, 0) is 11.2 Å². The summed E-state index contributed by atoms with van der Waals surface area (Å²) in [5, 5.41) is 6.56. The number of hydrogen-bond acceptors (Lipinski definition) is 2. The fraction of sp³-hybridized carbons (Fsp3) is 0.588. The molecule has 21 heavy (non-hydrogen) atoms. The van der Waals surface area contributed by atoms with E-state index in [1.54, 1.807) is 0 Å². The van der Waals surface area contributed by atoms with Crippen molar-refractivity contribution in [3.63, 3.8) is 0 Å². The van der Waals surface area contributed by atoms with Crippen LogP contribution >= 0.6 is 15.9 Å². The highest BCUT2D eigenvalue weighted by molar-refractivity contribution is 9.10. The Morgan fingerprint density at radius 2 is 2.14 bits per heavy atom. The van der Waals surface area contributed by atoms with E-state index >= 15 is 0 Å². The number of carbonyl (C=O) groups excluding carboxylic acids is 1. The van der Waals surface area contributed by atoms with E-state index in [1.807, 2.05) is 12.1 Å². The van der Waals surface area contributed by atoms with Gasteiger partial charge in [0.15, 0.2) is 0 Å². The van der Waals surface area contributed by atoms with Gasteiger partial charge in [-0.25, -0.2) is 0 Å². The van der Waals surface area contributed by atoms with Crippen LogP contribution in [0.3, 0.4) is 0 Å². The van der Waals surface area contributed by atoms with Gasteiger partial charge in [0.1, 0.15) is 0 Å². The lowest BCUT2D eigenvalue weighted by Gasteiger charge is -2.28. The molecule has 1 heterocycles. The topological polar surface area (TPSA) is 41.1 Å². The molecule has 0 bridgehead atoms. The van der Waals surface area contributed by atoms with Gasteiger partial charge in [-0.05, 0) is 50.4 Å². The van der Waals surface area contributed by atoms with Crippen LogP contribution in [0.2, 0.25) is 0 Å². The van der Waals surface area contributed by atoms with Crippen molar-refractivity contribution in [3.8, 4) is 0 Å². The number of halogens is 1. The molecule has 116 valence electrons. The third-order valence-corrected chi connectivity index (χ3v) is 4.82. The van der Waals surface area contributed by atoms with Crippen LogP contribution in [0.25, 0.3) is 0 Å². The first-order valence-electron chi connectivity index (χ1n) is 7.82. The summed E-state index contributed by atoms with van der Waals surface area (Å²) < 4.78 is 1.09. The zero-order chi connectivity index (χ0) is 15.3. The maximum atomic E-state index is 12.7. The third kappa shape index (κ3) is 4.30. The molecule has 1 aromatic carbocycles. The van der Waals surface area contributed by atoms with Crippen molar-refractivity contribution in [2.45, 2.75) is 45.6 Å². The highest BCUT2D eigenvalue weighted by Gasteiger charge is 2.40. The molecule has 2 N–H and O–H groups in total. The molecule has 0 aliphatic carbocycles. The van der Waals surface area contributed by atoms with Crippen molar-refractivity contribution in [2.24, 2.45) is 5.41 Å². The van der Waals surface area contributed by atoms with E-state index in [-0.39, 0.29) is 17.4 Å². The molecule has 3 nitrogen and oxygen atoms in total. The van der Waals surface area contributed by atoms with Crippen molar-refractivity contribution in [1.82, 2.24) is 10.6 Å². The summed E-state index contributed by atoms with van der Waals surface area (Å²) in [5.41, 5.74) is 1.06. The van der Waals surface area contributed by atoms with E-state index in [9.17, 15) is 4.79 Å². The molecule has 2 atom stereocenters. The van der Waals surface area contributed by atoms with Gasteiger partial charge in [0, 0.05) is 17.1 Å². The number of rotatable bonds is 6. The molecular formula is C17H25BrN2O. The molecule has 1 aliphatic rings. The molecule has 1 saturated heterocycles. The molecule has 0 spiro atoms. The molecule has 2 unspecified atom stereocenters. The summed E-state index contributed by atoms with van der Waals surface area (Å²) >= 11 is 3.44. The van der Waals surface area contributed by atoms with Gasteiger partial charge in [0.2, 0.25) is 5.91 Å². The van der Waals surface area contributed by atoms with E-state index in [0.717, 1.165) is 43.2 Å². The molecule has 2 rings (SSSR count). The number of carbonyl (C=O) groups is 1. The minimum absolute atomic E-state index is 0.160. The molecular weight excluding hydrogens is 328 g/mol. The van der Waals surface area contributed by atoms with Gasteiger partial charge in [-0.2, -0.15) is 0 Å². The molecule has 0 saturated carbocycles. The Labute approximate surface area is 136 Å². The Morgan fingerprint density at radius 3 is 2.71 bits per heavy atom. The van der Waals surface area contributed by atoms with E-state index < -0.39 is 0 Å². The predicted octanol–water partition coefficient (Wildman–Crippen LogP) is 3.28. The third-order valence-electron chi connectivity index (χ3n) is 4.29. The van der Waals surface area contributed by atoms with Gasteiger partial charge in [0.05, 0.1) is 5.41 Å². The van der Waals surface area contributed by atoms with Crippen LogP contribution in [-0.4, -0.2) is 25.0 Å². The van der Waals surface area contributed by atoms with Gasteiger partial charge < -0.3 is 10.6 Å². The summed E-state index contributed by atoms with van der Waals surface area (Å²) in [5.74, 6) is 0.221. The van der Waals surface area contributed by atoms with Crippen molar-refractivity contribution in [1.29, 1.82) is 0 Å². The number of benzene rings is 1. The Kier molecular flexibility index (Phi) is 5.82. The molecule has 4 heteroatoms. The SMILES string of the molecule is CCCC1(C(=O)NC(C)Cc2ccc(Br)cc2)CCNC1. The maximum absolute atomic E-state index is 12.7. The minimum atomic E-state index is -0.192. The summed E-state index contributed by atoms with van der Waals surface area (Å²) in [6.45, 7) is 6.01. The fourth-order valence-electron chi connectivity index (χ4n) is 3.14. The monoisotopic (exact) mass is 352 g/mol. The van der Waals surface area contributed by atoms with Crippen LogP contribution in [0.1, 0.15) is 38.7 Å². The highest BCUT2D eigenvalue weighted by atomic mass is 79.9. The molecule has 1 aromatic rings. The lowest BCUT2D eigenvalue weighted by atomic mass is 9.81. The zero-order valence-corrected chi connectivity index (χ0v) is 14.5. The number of hydrogen-bond donors (Lipinski definition) is 2. The summed E-state index contributed by atoms with van der Waals surface area (Å²) in [4.78, 5) is 12.7. The van der Waals surface area contributed by atoms with Crippen molar-refractivity contribution < 1.29 is 4.79 Å². The zero-order valence-electron chi connectivity index (χ0n) is 12.9. The second-order valence-electron chi connectivity index (χ2n) is 6.16. The highest BCUT2D eigenvalue weighted by Crippen LogP contribution is 2.31. The van der Waals surface area contributed by atoms with E-state index in [1.165, 1.54) is 5.56 Å². The Morgan fingerprint density at radius 1 is 1.43 bits per heavy atom. The Bertz CT molecular complexity index is 466. The van der Waals surface area contributed by atoms with Crippen molar-refractivity contribution in [2.75, 3.05) is 13.1 Å². The molecule has 1 aliphatic heterocycles. The minimum Gasteiger partial charge on any atom is -0.353 e. The first-order valence-corrected chi connectivity index (χ1v) is 8.61. The van der Waals surface area contributed by atoms with Gasteiger partial charge in [0.25, 0.3) is 0 Å². The molecule has 0 radical (unpaired) electrons. The second kappa shape index (κ2) is 7.41. The standard InChI is InChI=1S/C17H25BrN2O/c1-3-8-17(9-10-19-12-17)16(21)20-13(2)11-14-4-6-15(18)7-5-14/h4-7,13,19H,3,8-12H2,1-2H3,(H,20,21). The quantitative estimate of drug-likeness (QED) is 0.824. The van der Waals surface area contributed by atoms with Crippen molar-refractivity contribution >= 4 is 21.8 Å². The first kappa shape index (κ1) is 16.5. The van der Waals surface area contributed by atoms with Gasteiger partial charge in [-0.15, -0.1) is 0 Å². The fourth-order valence-corrected chi connectivity index (χ4v) is 3.41. The summed E-state index contributed by atoms with van der Waals surface area (Å²) in [6.07, 6.45) is 3.85. The van der Waals surface area contributed by atoms with Crippen molar-refractivity contribution in [3.05, 3.63) is 34.3 Å². The Hall–Kier alpha value is -0.870. The van der Waals surface area contributed by atoms with Gasteiger partial charge in [-0.3, -0.25) is 4.79 Å². The average molecular weight is 353 g/mol. The van der Waals surface area contributed by atoms with Crippen LogP contribution < -0.4 is 10.6 Å². The van der Waals surface area contributed by atoms with E-state index in [4.69, 9.17) is 0 Å². The largest absolute Gasteiger partial charge is 0.353 e. The van der Waals surface area contributed by atoms with Gasteiger partial charge >= 0.3 is 0 Å². The summed E-state index contributed by atoms with van der Waals surface area (Å²) in [6, 6.07) is 8.46. The average Bonchev–Trinajstić information content (AvgIpc) is 2.92. The predicted molar refractivity (Wildman–Crippen MR) is 90.3 cm³/mol.